The van der Waals surface area contributed by atoms with E-state index in [2.05, 4.69) is 0 Å². The van der Waals surface area contributed by atoms with Crippen LogP contribution in [-0.4, -0.2) is 30.8 Å². The second-order valence-corrected chi connectivity index (χ2v) is 7.02. The topological polar surface area (TPSA) is 71.4 Å². The quantitative estimate of drug-likeness (QED) is 0.840. The molecule has 0 bridgehead atoms. The molecule has 0 aliphatic carbocycles. The molecule has 1 aromatic rings. The minimum atomic E-state index is -3.00. The largest absolute Gasteiger partial charge is 0.388 e. The predicted molar refractivity (Wildman–Crippen MR) is 68.2 cm³/mol. The van der Waals surface area contributed by atoms with E-state index in [1.54, 1.807) is 24.3 Å². The Bertz CT molecular complexity index is 562. The highest BCUT2D eigenvalue weighted by molar-refractivity contribution is 7.91. The maximum atomic E-state index is 11.4. The van der Waals surface area contributed by atoms with Gasteiger partial charge in [-0.1, -0.05) is 18.2 Å². The molecule has 2 atom stereocenters. The van der Waals surface area contributed by atoms with Crippen LogP contribution in [0.25, 0.3) is 0 Å². The molecule has 0 aromatic heterocycles. The Morgan fingerprint density at radius 1 is 1.44 bits per heavy atom. The van der Waals surface area contributed by atoms with Crippen molar-refractivity contribution >= 4 is 15.6 Å². The second-order valence-electron chi connectivity index (χ2n) is 4.79. The standard InChI is InChI=1S/C13H16O4S/c1-9(14)10-3-2-4-11(7-10)13(15)12-5-6-18(16,17)8-12/h2-4,7,12-13,15H,5-6,8H2,1H3. The van der Waals surface area contributed by atoms with Gasteiger partial charge in [-0.3, -0.25) is 4.79 Å². The first kappa shape index (κ1) is 13.2. The fourth-order valence-electron chi connectivity index (χ4n) is 2.29. The molecule has 0 saturated carbocycles. The first-order chi connectivity index (χ1) is 8.39. The Morgan fingerprint density at radius 2 is 2.17 bits per heavy atom. The van der Waals surface area contributed by atoms with Crippen LogP contribution in [0.1, 0.15) is 35.4 Å². The van der Waals surface area contributed by atoms with Gasteiger partial charge in [-0.2, -0.15) is 0 Å². The summed E-state index contributed by atoms with van der Waals surface area (Å²) in [7, 11) is -3.00. The predicted octanol–water partition coefficient (Wildman–Crippen LogP) is 1.36. The van der Waals surface area contributed by atoms with E-state index >= 15 is 0 Å². The summed E-state index contributed by atoms with van der Waals surface area (Å²) in [6, 6.07) is 6.75. The van der Waals surface area contributed by atoms with Crippen molar-refractivity contribution in [2.45, 2.75) is 19.4 Å². The Balaban J connectivity index is 2.21. The molecule has 98 valence electrons. The Labute approximate surface area is 107 Å². The van der Waals surface area contributed by atoms with Crippen LogP contribution >= 0.6 is 0 Å². The molecular formula is C13H16O4S. The number of aliphatic hydroxyl groups excluding tert-OH is 1. The van der Waals surface area contributed by atoms with Gasteiger partial charge in [0.25, 0.3) is 0 Å². The molecule has 0 radical (unpaired) electrons. The van der Waals surface area contributed by atoms with Crippen LogP contribution in [0.4, 0.5) is 0 Å². The third kappa shape index (κ3) is 2.79. The van der Waals surface area contributed by atoms with Crippen molar-refractivity contribution in [1.82, 2.24) is 0 Å². The molecule has 0 spiro atoms. The second kappa shape index (κ2) is 4.82. The number of rotatable bonds is 3. The molecule has 4 nitrogen and oxygen atoms in total. The van der Waals surface area contributed by atoms with Crippen LogP contribution in [0.15, 0.2) is 24.3 Å². The number of aliphatic hydroxyl groups is 1. The van der Waals surface area contributed by atoms with Crippen LogP contribution in [0.2, 0.25) is 0 Å². The molecule has 0 amide bonds. The third-order valence-corrected chi connectivity index (χ3v) is 5.14. The summed E-state index contributed by atoms with van der Waals surface area (Å²) in [5.74, 6) is -0.167. The third-order valence-electron chi connectivity index (χ3n) is 3.35. The van der Waals surface area contributed by atoms with E-state index < -0.39 is 15.9 Å². The monoisotopic (exact) mass is 268 g/mol. The molecule has 18 heavy (non-hydrogen) atoms. The van der Waals surface area contributed by atoms with Crippen molar-refractivity contribution in [3.05, 3.63) is 35.4 Å². The van der Waals surface area contributed by atoms with Gasteiger partial charge in [0.05, 0.1) is 17.6 Å². The van der Waals surface area contributed by atoms with Gasteiger partial charge in [0.15, 0.2) is 15.6 Å². The number of ketones is 1. The molecule has 5 heteroatoms. The van der Waals surface area contributed by atoms with Crippen LogP contribution in [0.3, 0.4) is 0 Å². The highest BCUT2D eigenvalue weighted by Gasteiger charge is 2.33. The van der Waals surface area contributed by atoms with Gasteiger partial charge in [-0.25, -0.2) is 8.42 Å². The number of hydrogen-bond donors (Lipinski definition) is 1. The van der Waals surface area contributed by atoms with Crippen molar-refractivity contribution in [2.24, 2.45) is 5.92 Å². The van der Waals surface area contributed by atoms with Crippen molar-refractivity contribution in [3.63, 3.8) is 0 Å². The molecular weight excluding hydrogens is 252 g/mol. The number of sulfone groups is 1. The first-order valence-electron chi connectivity index (χ1n) is 5.88. The van der Waals surface area contributed by atoms with E-state index in [1.807, 2.05) is 0 Å². The molecule has 1 heterocycles. The zero-order valence-corrected chi connectivity index (χ0v) is 11.0. The summed E-state index contributed by atoms with van der Waals surface area (Å²) >= 11 is 0. The van der Waals surface area contributed by atoms with Crippen LogP contribution < -0.4 is 0 Å². The van der Waals surface area contributed by atoms with E-state index in [4.69, 9.17) is 0 Å². The van der Waals surface area contributed by atoms with Crippen molar-refractivity contribution < 1.29 is 18.3 Å². The fraction of sp³-hybridized carbons (Fsp3) is 0.462. The molecule has 2 rings (SSSR count). The Morgan fingerprint density at radius 3 is 2.72 bits per heavy atom. The number of hydrogen-bond acceptors (Lipinski definition) is 4. The fourth-order valence-corrected chi connectivity index (χ4v) is 4.12. The molecule has 1 aliphatic rings. The Kier molecular flexibility index (Phi) is 3.54. The van der Waals surface area contributed by atoms with Gasteiger partial charge in [-0.15, -0.1) is 0 Å². The number of carbonyl (C=O) groups is 1. The maximum absolute atomic E-state index is 11.4. The summed E-state index contributed by atoms with van der Waals surface area (Å²) in [4.78, 5) is 11.3. The van der Waals surface area contributed by atoms with E-state index in [1.165, 1.54) is 6.92 Å². The lowest BCUT2D eigenvalue weighted by molar-refractivity contribution is 0.101. The summed E-state index contributed by atoms with van der Waals surface area (Å²) in [6.45, 7) is 1.46. The van der Waals surface area contributed by atoms with Gasteiger partial charge in [0.1, 0.15) is 0 Å². The highest BCUT2D eigenvalue weighted by atomic mass is 32.2. The lowest BCUT2D eigenvalue weighted by Gasteiger charge is -2.17. The van der Waals surface area contributed by atoms with E-state index in [-0.39, 0.29) is 23.2 Å². The lowest BCUT2D eigenvalue weighted by Crippen LogP contribution is -2.14. The summed E-state index contributed by atoms with van der Waals surface area (Å²) < 4.78 is 22.8. The summed E-state index contributed by atoms with van der Waals surface area (Å²) in [5.41, 5.74) is 1.15. The van der Waals surface area contributed by atoms with Crippen molar-refractivity contribution in [1.29, 1.82) is 0 Å². The lowest BCUT2D eigenvalue weighted by atomic mass is 9.94. The maximum Gasteiger partial charge on any atom is 0.159 e. The van der Waals surface area contributed by atoms with Crippen LogP contribution in [0, 0.1) is 5.92 Å². The molecule has 1 fully saturated rings. The summed E-state index contributed by atoms with van der Waals surface area (Å²) in [6.07, 6.45) is -0.338. The molecule has 2 unspecified atom stereocenters. The SMILES string of the molecule is CC(=O)c1cccc(C(O)C2CCS(=O)(=O)C2)c1. The van der Waals surface area contributed by atoms with Crippen LogP contribution in [0.5, 0.6) is 0 Å². The average molecular weight is 268 g/mol. The van der Waals surface area contributed by atoms with E-state index in [9.17, 15) is 18.3 Å². The van der Waals surface area contributed by atoms with Gasteiger partial charge >= 0.3 is 0 Å². The molecule has 1 aliphatic heterocycles. The normalized spacial score (nSPS) is 23.8. The number of benzene rings is 1. The molecule has 1 aromatic carbocycles. The smallest absolute Gasteiger partial charge is 0.159 e. The molecule has 1 saturated heterocycles. The minimum absolute atomic E-state index is 0.0263. The molecule has 1 N–H and O–H groups in total. The zero-order chi connectivity index (χ0) is 13.3. The van der Waals surface area contributed by atoms with Crippen LogP contribution in [-0.2, 0) is 9.84 Å². The minimum Gasteiger partial charge on any atom is -0.388 e. The first-order valence-corrected chi connectivity index (χ1v) is 7.70. The van der Waals surface area contributed by atoms with E-state index in [0.29, 0.717) is 17.5 Å². The van der Waals surface area contributed by atoms with Gasteiger partial charge in [0, 0.05) is 11.5 Å². The zero-order valence-electron chi connectivity index (χ0n) is 10.2. The average Bonchev–Trinajstić information content (AvgIpc) is 2.69. The highest BCUT2D eigenvalue weighted by Crippen LogP contribution is 2.31. The van der Waals surface area contributed by atoms with Crippen molar-refractivity contribution in [3.8, 4) is 0 Å². The number of carbonyl (C=O) groups excluding carboxylic acids is 1. The van der Waals surface area contributed by atoms with E-state index in [0.717, 1.165) is 0 Å². The summed E-state index contributed by atoms with van der Waals surface area (Å²) in [5, 5.41) is 10.2. The van der Waals surface area contributed by atoms with Gasteiger partial charge in [-0.05, 0) is 25.0 Å². The number of Topliss-reactive ketones (excluding diaryl/α,β-unsaturated/α-hetero) is 1. The van der Waals surface area contributed by atoms with Gasteiger partial charge in [0.2, 0.25) is 0 Å². The Hall–Kier alpha value is -1.20. The van der Waals surface area contributed by atoms with Gasteiger partial charge < -0.3 is 5.11 Å². The van der Waals surface area contributed by atoms with Crippen molar-refractivity contribution in [2.75, 3.05) is 11.5 Å².